The summed E-state index contributed by atoms with van der Waals surface area (Å²) in [6.45, 7) is -0.689. The first-order chi connectivity index (χ1) is 12.2. The zero-order chi connectivity index (χ0) is 20.3. The molecule has 14 N–H and O–H groups in total. The van der Waals surface area contributed by atoms with Crippen molar-refractivity contribution in [2.75, 3.05) is 26.2 Å². The first kappa shape index (κ1) is 23.7. The maximum Gasteiger partial charge on any atom is 0.327 e. The third-order valence-electron chi connectivity index (χ3n) is 3.40. The van der Waals surface area contributed by atoms with E-state index in [9.17, 15) is 19.2 Å². The summed E-state index contributed by atoms with van der Waals surface area (Å²) in [5.41, 5.74) is 26.9. The first-order valence-corrected chi connectivity index (χ1v) is 7.91. The molecule has 0 aromatic carbocycles. The first-order valence-electron chi connectivity index (χ1n) is 7.91. The Morgan fingerprint density at radius 2 is 1.19 bits per heavy atom. The third kappa shape index (κ3) is 7.71. The Hall–Kier alpha value is -2.32. The molecule has 0 heterocycles. The SMILES string of the molecule is NCC[C@H](NC(=O)[C@@H](N)CN)C(=O)N[C@@H](CN)C(=O)N[C@@H](CN)C(=O)O. The third-order valence-corrected chi connectivity index (χ3v) is 3.40. The number of amides is 3. The minimum absolute atomic E-state index is 0.0734. The van der Waals surface area contributed by atoms with Gasteiger partial charge in [-0.25, -0.2) is 4.79 Å². The van der Waals surface area contributed by atoms with Gasteiger partial charge in [-0.15, -0.1) is 0 Å². The summed E-state index contributed by atoms with van der Waals surface area (Å²) in [4.78, 5) is 47.1. The van der Waals surface area contributed by atoms with Crippen LogP contribution in [0, 0.1) is 0 Å². The van der Waals surface area contributed by atoms with Crippen LogP contribution in [0.4, 0.5) is 0 Å². The summed E-state index contributed by atoms with van der Waals surface area (Å²) in [7, 11) is 0. The Labute approximate surface area is 150 Å². The monoisotopic (exact) mass is 376 g/mol. The Bertz CT molecular complexity index is 503. The number of carbonyl (C=O) groups is 4. The van der Waals surface area contributed by atoms with E-state index in [1.807, 2.05) is 0 Å². The molecule has 0 radical (unpaired) electrons. The molecule has 0 fully saturated rings. The Balaban J connectivity index is 4.97. The zero-order valence-corrected chi connectivity index (χ0v) is 14.3. The number of carboxylic acid groups (broad SMARTS) is 1. The van der Waals surface area contributed by atoms with E-state index < -0.39 is 47.9 Å². The van der Waals surface area contributed by atoms with Crippen LogP contribution in [-0.4, -0.2) is 79.1 Å². The fourth-order valence-corrected chi connectivity index (χ4v) is 1.82. The molecule has 0 unspecified atom stereocenters. The predicted octanol–water partition coefficient (Wildman–Crippen LogP) is -5.92. The number of nitrogens with one attached hydrogen (secondary N) is 3. The summed E-state index contributed by atoms with van der Waals surface area (Å²) in [6.07, 6.45) is 0.0777. The molecule has 150 valence electrons. The second-order valence-corrected chi connectivity index (χ2v) is 5.41. The van der Waals surface area contributed by atoms with E-state index in [-0.39, 0.29) is 32.6 Å². The predicted molar refractivity (Wildman–Crippen MR) is 92.2 cm³/mol. The molecule has 13 heteroatoms. The number of carbonyl (C=O) groups excluding carboxylic acids is 3. The molecule has 0 spiro atoms. The lowest BCUT2D eigenvalue weighted by atomic mass is 10.1. The van der Waals surface area contributed by atoms with Gasteiger partial charge in [0.05, 0.1) is 6.04 Å². The summed E-state index contributed by atoms with van der Waals surface area (Å²) in [5, 5.41) is 15.8. The van der Waals surface area contributed by atoms with Crippen LogP contribution in [0.2, 0.25) is 0 Å². The number of nitrogens with two attached hydrogens (primary N) is 5. The molecule has 13 nitrogen and oxygen atoms in total. The number of rotatable bonds is 12. The van der Waals surface area contributed by atoms with E-state index in [1.54, 1.807) is 0 Å². The molecule has 0 saturated heterocycles. The number of hydrogen-bond acceptors (Lipinski definition) is 9. The van der Waals surface area contributed by atoms with Gasteiger partial charge < -0.3 is 49.7 Å². The van der Waals surface area contributed by atoms with Crippen molar-refractivity contribution in [1.82, 2.24) is 16.0 Å². The fourth-order valence-electron chi connectivity index (χ4n) is 1.82. The van der Waals surface area contributed by atoms with Crippen LogP contribution in [0.25, 0.3) is 0 Å². The summed E-state index contributed by atoms with van der Waals surface area (Å²) >= 11 is 0. The van der Waals surface area contributed by atoms with Crippen molar-refractivity contribution in [3.05, 3.63) is 0 Å². The molecule has 0 aliphatic carbocycles. The van der Waals surface area contributed by atoms with E-state index in [2.05, 4.69) is 16.0 Å². The van der Waals surface area contributed by atoms with Crippen LogP contribution >= 0.6 is 0 Å². The van der Waals surface area contributed by atoms with Gasteiger partial charge in [0.1, 0.15) is 18.1 Å². The highest BCUT2D eigenvalue weighted by Crippen LogP contribution is 1.95. The lowest BCUT2D eigenvalue weighted by molar-refractivity contribution is -0.142. The van der Waals surface area contributed by atoms with E-state index in [0.29, 0.717) is 0 Å². The van der Waals surface area contributed by atoms with Gasteiger partial charge in [0.25, 0.3) is 0 Å². The minimum atomic E-state index is -1.33. The van der Waals surface area contributed by atoms with Gasteiger partial charge in [-0.05, 0) is 13.0 Å². The van der Waals surface area contributed by atoms with Gasteiger partial charge in [0.15, 0.2) is 0 Å². The minimum Gasteiger partial charge on any atom is -0.480 e. The van der Waals surface area contributed by atoms with Gasteiger partial charge in [-0.1, -0.05) is 0 Å². The average molecular weight is 376 g/mol. The van der Waals surface area contributed by atoms with E-state index in [0.717, 1.165) is 0 Å². The zero-order valence-electron chi connectivity index (χ0n) is 14.3. The molecule has 4 atom stereocenters. The number of carboxylic acids is 1. The second-order valence-electron chi connectivity index (χ2n) is 5.41. The van der Waals surface area contributed by atoms with Crippen molar-refractivity contribution in [2.24, 2.45) is 28.7 Å². The second kappa shape index (κ2) is 12.1. The highest BCUT2D eigenvalue weighted by molar-refractivity contribution is 5.94. The van der Waals surface area contributed by atoms with E-state index in [4.69, 9.17) is 33.8 Å². The van der Waals surface area contributed by atoms with E-state index in [1.165, 1.54) is 0 Å². The van der Waals surface area contributed by atoms with Gasteiger partial charge in [0, 0.05) is 19.6 Å². The molecule has 0 rings (SSSR count). The Morgan fingerprint density at radius 3 is 1.62 bits per heavy atom. The van der Waals surface area contributed by atoms with Crippen molar-refractivity contribution in [1.29, 1.82) is 0 Å². The molecular weight excluding hydrogens is 348 g/mol. The summed E-state index contributed by atoms with van der Waals surface area (Å²) in [6, 6.07) is -4.61. The van der Waals surface area contributed by atoms with Crippen LogP contribution in [-0.2, 0) is 19.2 Å². The number of hydrogen-bond donors (Lipinski definition) is 9. The topological polar surface area (TPSA) is 255 Å². The fraction of sp³-hybridized carbons (Fsp3) is 0.692. The summed E-state index contributed by atoms with van der Waals surface area (Å²) in [5.74, 6) is -3.52. The molecule has 26 heavy (non-hydrogen) atoms. The Kier molecular flexibility index (Phi) is 11.0. The van der Waals surface area contributed by atoms with Crippen LogP contribution < -0.4 is 44.6 Å². The normalized spacial score (nSPS) is 15.3. The molecule has 0 aliphatic heterocycles. The molecule has 0 aromatic heterocycles. The molecule has 0 aromatic rings. The lowest BCUT2D eigenvalue weighted by Crippen LogP contribution is -2.60. The Morgan fingerprint density at radius 1 is 0.731 bits per heavy atom. The van der Waals surface area contributed by atoms with Gasteiger partial charge in [-0.2, -0.15) is 0 Å². The average Bonchev–Trinajstić information content (AvgIpc) is 2.61. The molecule has 3 amide bonds. The van der Waals surface area contributed by atoms with Crippen molar-refractivity contribution in [3.63, 3.8) is 0 Å². The lowest BCUT2D eigenvalue weighted by Gasteiger charge is -2.24. The van der Waals surface area contributed by atoms with Crippen molar-refractivity contribution in [3.8, 4) is 0 Å². The van der Waals surface area contributed by atoms with Crippen LogP contribution in [0.15, 0.2) is 0 Å². The smallest absolute Gasteiger partial charge is 0.327 e. The van der Waals surface area contributed by atoms with Crippen LogP contribution in [0.3, 0.4) is 0 Å². The van der Waals surface area contributed by atoms with Crippen molar-refractivity contribution < 1.29 is 24.3 Å². The maximum absolute atomic E-state index is 12.3. The highest BCUT2D eigenvalue weighted by atomic mass is 16.4. The molecule has 0 aliphatic rings. The van der Waals surface area contributed by atoms with E-state index >= 15 is 0 Å². The highest BCUT2D eigenvalue weighted by Gasteiger charge is 2.28. The number of aliphatic carboxylic acids is 1. The molecule has 0 bridgehead atoms. The molecule has 0 saturated carbocycles. The van der Waals surface area contributed by atoms with Gasteiger partial charge in [0.2, 0.25) is 17.7 Å². The van der Waals surface area contributed by atoms with Crippen molar-refractivity contribution >= 4 is 23.7 Å². The van der Waals surface area contributed by atoms with Gasteiger partial charge in [-0.3, -0.25) is 14.4 Å². The van der Waals surface area contributed by atoms with Crippen LogP contribution in [0.5, 0.6) is 0 Å². The molecular formula is C13H28N8O5. The van der Waals surface area contributed by atoms with Crippen molar-refractivity contribution in [2.45, 2.75) is 30.6 Å². The maximum atomic E-state index is 12.3. The van der Waals surface area contributed by atoms with Crippen LogP contribution in [0.1, 0.15) is 6.42 Å². The quantitative estimate of drug-likeness (QED) is 0.156. The van der Waals surface area contributed by atoms with Gasteiger partial charge >= 0.3 is 5.97 Å². The summed E-state index contributed by atoms with van der Waals surface area (Å²) < 4.78 is 0. The largest absolute Gasteiger partial charge is 0.480 e. The standard InChI is InChI=1S/C13H28N8O5/c14-2-1-7(19-10(22)6(18)3-15)11(23)20-8(4-16)12(24)21-9(5-17)13(25)26/h6-9H,1-5,14-18H2,(H,19,22)(H,20,23)(H,21,24)(H,25,26)/t6-,7-,8-,9-/m0/s1.